The molecule has 17 heavy (non-hydrogen) atoms. The van der Waals surface area contributed by atoms with Gasteiger partial charge in [-0.2, -0.15) is 0 Å². The van der Waals surface area contributed by atoms with Gasteiger partial charge in [0.05, 0.1) is 10.7 Å². The number of nitrogens with two attached hydrogens (primary N) is 1. The third-order valence-corrected chi connectivity index (χ3v) is 3.49. The standard InChI is InChI=1S/C11H9Br2FN2O/c12-6-1-2-9(14)7(5-6)10(16-15)11-8(13)3-4-17-11/h1-5,10,16H,15H2. The average molecular weight is 364 g/mol. The van der Waals surface area contributed by atoms with Gasteiger partial charge in [0.25, 0.3) is 0 Å². The van der Waals surface area contributed by atoms with Crippen molar-refractivity contribution in [2.75, 3.05) is 0 Å². The van der Waals surface area contributed by atoms with Crippen LogP contribution in [0.25, 0.3) is 0 Å². The molecular formula is C11H9Br2FN2O. The van der Waals surface area contributed by atoms with Crippen LogP contribution in [0.4, 0.5) is 4.39 Å². The summed E-state index contributed by atoms with van der Waals surface area (Å²) in [5.41, 5.74) is 2.96. The van der Waals surface area contributed by atoms with E-state index in [1.807, 2.05) is 0 Å². The molecule has 0 aliphatic heterocycles. The minimum Gasteiger partial charge on any atom is -0.466 e. The highest BCUT2D eigenvalue weighted by atomic mass is 79.9. The van der Waals surface area contributed by atoms with Gasteiger partial charge in [-0.1, -0.05) is 15.9 Å². The fourth-order valence-corrected chi connectivity index (χ4v) is 2.36. The summed E-state index contributed by atoms with van der Waals surface area (Å²) in [7, 11) is 0. The van der Waals surface area contributed by atoms with Crippen molar-refractivity contribution in [1.29, 1.82) is 0 Å². The van der Waals surface area contributed by atoms with Crippen LogP contribution in [0.15, 0.2) is 43.9 Å². The van der Waals surface area contributed by atoms with Gasteiger partial charge in [0.2, 0.25) is 0 Å². The third kappa shape index (κ3) is 2.60. The Balaban J connectivity index is 2.49. The number of hydrogen-bond donors (Lipinski definition) is 2. The van der Waals surface area contributed by atoms with Crippen LogP contribution in [0.5, 0.6) is 0 Å². The van der Waals surface area contributed by atoms with Crippen molar-refractivity contribution in [3.05, 3.63) is 56.6 Å². The maximum absolute atomic E-state index is 13.8. The molecule has 0 saturated heterocycles. The van der Waals surface area contributed by atoms with Gasteiger partial charge in [-0.25, -0.2) is 9.82 Å². The van der Waals surface area contributed by atoms with E-state index in [4.69, 9.17) is 10.3 Å². The molecule has 6 heteroatoms. The molecule has 3 nitrogen and oxygen atoms in total. The van der Waals surface area contributed by atoms with E-state index in [1.165, 1.54) is 12.3 Å². The van der Waals surface area contributed by atoms with E-state index in [2.05, 4.69) is 37.3 Å². The minimum atomic E-state index is -0.545. The van der Waals surface area contributed by atoms with Crippen LogP contribution >= 0.6 is 31.9 Å². The van der Waals surface area contributed by atoms with Crippen LogP contribution < -0.4 is 11.3 Å². The lowest BCUT2D eigenvalue weighted by Gasteiger charge is -2.15. The van der Waals surface area contributed by atoms with E-state index < -0.39 is 6.04 Å². The quantitative estimate of drug-likeness (QED) is 0.648. The summed E-state index contributed by atoms with van der Waals surface area (Å²) in [6.07, 6.45) is 1.51. The van der Waals surface area contributed by atoms with Crippen LogP contribution in [-0.2, 0) is 0 Å². The lowest BCUT2D eigenvalue weighted by Crippen LogP contribution is -2.29. The van der Waals surface area contributed by atoms with Gasteiger partial charge in [-0.05, 0) is 40.2 Å². The second-order valence-corrected chi connectivity index (χ2v) is 5.17. The van der Waals surface area contributed by atoms with E-state index in [0.717, 1.165) is 8.95 Å². The molecule has 1 unspecified atom stereocenters. The largest absolute Gasteiger partial charge is 0.466 e. The van der Waals surface area contributed by atoms with Gasteiger partial charge < -0.3 is 4.42 Å². The Kier molecular flexibility index (Phi) is 3.98. The van der Waals surface area contributed by atoms with E-state index in [-0.39, 0.29) is 5.82 Å². The van der Waals surface area contributed by atoms with Crippen LogP contribution in [0.1, 0.15) is 17.4 Å². The summed E-state index contributed by atoms with van der Waals surface area (Å²) >= 11 is 6.62. The summed E-state index contributed by atoms with van der Waals surface area (Å²) in [5.74, 6) is 5.66. The summed E-state index contributed by atoms with van der Waals surface area (Å²) in [5, 5.41) is 0. The highest BCUT2D eigenvalue weighted by molar-refractivity contribution is 9.10. The van der Waals surface area contributed by atoms with Crippen molar-refractivity contribution in [1.82, 2.24) is 5.43 Å². The van der Waals surface area contributed by atoms with Crippen molar-refractivity contribution in [2.45, 2.75) is 6.04 Å². The highest BCUT2D eigenvalue weighted by Crippen LogP contribution is 2.31. The molecule has 0 bridgehead atoms. The fourth-order valence-electron chi connectivity index (χ4n) is 1.55. The molecule has 0 spiro atoms. The van der Waals surface area contributed by atoms with Crippen LogP contribution in [0, 0.1) is 5.82 Å². The maximum Gasteiger partial charge on any atom is 0.140 e. The van der Waals surface area contributed by atoms with E-state index in [1.54, 1.807) is 18.2 Å². The fraction of sp³-hybridized carbons (Fsp3) is 0.0909. The van der Waals surface area contributed by atoms with Crippen molar-refractivity contribution in [2.24, 2.45) is 5.84 Å². The average Bonchev–Trinajstić information content (AvgIpc) is 2.71. The molecule has 2 rings (SSSR count). The zero-order valence-corrected chi connectivity index (χ0v) is 11.8. The molecule has 1 aromatic heterocycles. The lowest BCUT2D eigenvalue weighted by atomic mass is 10.0. The summed E-state index contributed by atoms with van der Waals surface area (Å²) < 4.78 is 20.6. The summed E-state index contributed by atoms with van der Waals surface area (Å²) in [4.78, 5) is 0. The van der Waals surface area contributed by atoms with E-state index >= 15 is 0 Å². The van der Waals surface area contributed by atoms with Gasteiger partial charge in [-0.15, -0.1) is 0 Å². The highest BCUT2D eigenvalue weighted by Gasteiger charge is 2.22. The molecule has 0 fully saturated rings. The van der Waals surface area contributed by atoms with Gasteiger partial charge in [0.1, 0.15) is 17.6 Å². The molecule has 0 aliphatic carbocycles. The topological polar surface area (TPSA) is 51.2 Å². The Labute approximate surface area is 114 Å². The Bertz CT molecular complexity index is 530. The molecule has 1 atom stereocenters. The molecule has 0 saturated carbocycles. The molecule has 0 radical (unpaired) electrons. The second-order valence-electron chi connectivity index (χ2n) is 3.40. The number of nitrogens with one attached hydrogen (secondary N) is 1. The number of halogens is 3. The number of hydrogen-bond acceptors (Lipinski definition) is 3. The van der Waals surface area contributed by atoms with E-state index in [9.17, 15) is 4.39 Å². The number of rotatable bonds is 3. The normalized spacial score (nSPS) is 12.7. The molecule has 90 valence electrons. The van der Waals surface area contributed by atoms with Crippen LogP contribution in [-0.4, -0.2) is 0 Å². The minimum absolute atomic E-state index is 0.348. The molecule has 3 N–H and O–H groups in total. The number of benzene rings is 1. The van der Waals surface area contributed by atoms with Crippen molar-refractivity contribution >= 4 is 31.9 Å². The first-order valence-corrected chi connectivity index (χ1v) is 6.36. The molecule has 1 aromatic carbocycles. The van der Waals surface area contributed by atoms with Crippen molar-refractivity contribution in [3.8, 4) is 0 Å². The Hall–Kier alpha value is -0.690. The molecular weight excluding hydrogens is 355 g/mol. The van der Waals surface area contributed by atoms with Crippen molar-refractivity contribution < 1.29 is 8.81 Å². The zero-order valence-electron chi connectivity index (χ0n) is 8.58. The Morgan fingerprint density at radius 2 is 2.06 bits per heavy atom. The first-order valence-electron chi connectivity index (χ1n) is 4.77. The predicted molar refractivity (Wildman–Crippen MR) is 69.7 cm³/mol. The van der Waals surface area contributed by atoms with Crippen LogP contribution in [0.2, 0.25) is 0 Å². The molecule has 2 aromatic rings. The smallest absolute Gasteiger partial charge is 0.140 e. The zero-order chi connectivity index (χ0) is 12.4. The van der Waals surface area contributed by atoms with Gasteiger partial charge in [0, 0.05) is 10.0 Å². The lowest BCUT2D eigenvalue weighted by molar-refractivity contribution is 0.439. The van der Waals surface area contributed by atoms with Gasteiger partial charge in [0.15, 0.2) is 0 Å². The molecule has 0 aliphatic rings. The predicted octanol–water partition coefficient (Wildman–Crippen LogP) is 3.50. The van der Waals surface area contributed by atoms with Crippen molar-refractivity contribution in [3.63, 3.8) is 0 Å². The summed E-state index contributed by atoms with van der Waals surface area (Å²) in [6, 6.07) is 5.85. The van der Waals surface area contributed by atoms with E-state index in [0.29, 0.717) is 11.3 Å². The summed E-state index contributed by atoms with van der Waals surface area (Å²) in [6.45, 7) is 0. The van der Waals surface area contributed by atoms with Gasteiger partial charge >= 0.3 is 0 Å². The monoisotopic (exact) mass is 362 g/mol. The number of furan rings is 1. The maximum atomic E-state index is 13.8. The number of hydrazine groups is 1. The first kappa shape index (κ1) is 12.8. The van der Waals surface area contributed by atoms with Crippen LogP contribution in [0.3, 0.4) is 0 Å². The molecule has 1 heterocycles. The first-order chi connectivity index (χ1) is 8.13. The SMILES string of the molecule is NNC(c1cc(Br)ccc1F)c1occc1Br. The Morgan fingerprint density at radius 1 is 1.29 bits per heavy atom. The molecule has 0 amide bonds. The second kappa shape index (κ2) is 5.30. The van der Waals surface area contributed by atoms with Gasteiger partial charge in [-0.3, -0.25) is 5.84 Å². The third-order valence-electron chi connectivity index (χ3n) is 2.34. The Morgan fingerprint density at radius 3 is 2.65 bits per heavy atom.